The van der Waals surface area contributed by atoms with Crippen molar-refractivity contribution in [2.75, 3.05) is 0 Å². The van der Waals surface area contributed by atoms with Crippen molar-refractivity contribution >= 4 is 57.9 Å². The van der Waals surface area contributed by atoms with Gasteiger partial charge in [0.2, 0.25) is 17.7 Å². The minimum atomic E-state index is -1.53. The molecule has 6 N–H and O–H groups in total. The Hall–Kier alpha value is -3.76. The number of H-pyrrole nitrogens is 1. The van der Waals surface area contributed by atoms with Gasteiger partial charge in [0, 0.05) is 22.5 Å². The molecule has 46 heavy (non-hydrogen) atoms. The second-order valence-electron chi connectivity index (χ2n) is 12.5. The molecule has 1 aromatic heterocycles. The van der Waals surface area contributed by atoms with Gasteiger partial charge in [-0.3, -0.25) is 19.3 Å². The van der Waals surface area contributed by atoms with E-state index in [1.807, 2.05) is 58.9 Å². The molecule has 1 aliphatic rings. The molecule has 2 aromatic carbocycles. The molecule has 5 atom stereocenters. The van der Waals surface area contributed by atoms with Crippen LogP contribution in [0.5, 0.6) is 0 Å². The number of halogens is 2. The number of aromatic amines is 1. The molecule has 1 heterocycles. The molecule has 0 bridgehead atoms. The van der Waals surface area contributed by atoms with Gasteiger partial charge in [0.1, 0.15) is 17.6 Å². The summed E-state index contributed by atoms with van der Waals surface area (Å²) in [6.07, 6.45) is 0.450. The summed E-state index contributed by atoms with van der Waals surface area (Å²) in [6.45, 7) is 9.29. The first-order valence-corrected chi connectivity index (χ1v) is 16.4. The van der Waals surface area contributed by atoms with Gasteiger partial charge in [0.15, 0.2) is 0 Å². The number of carbonyl (C=O) groups is 4. The first-order chi connectivity index (χ1) is 21.7. The third-order valence-corrected chi connectivity index (χ3v) is 10.1. The van der Waals surface area contributed by atoms with Gasteiger partial charge in [0.05, 0.1) is 17.1 Å². The molecule has 1 aliphatic carbocycles. The number of fused-ring (bicyclic) bond motifs is 3. The van der Waals surface area contributed by atoms with Crippen LogP contribution >= 0.6 is 23.2 Å². The number of rotatable bonds is 12. The zero-order valence-electron chi connectivity index (χ0n) is 26.9. The minimum absolute atomic E-state index is 0.00894. The lowest BCUT2D eigenvalue weighted by atomic mass is 9.78. The number of nitrogens with zero attached hydrogens (tertiary/aromatic N) is 1. The van der Waals surface area contributed by atoms with Crippen LogP contribution in [0.3, 0.4) is 0 Å². The van der Waals surface area contributed by atoms with Crippen molar-refractivity contribution in [2.45, 2.75) is 90.9 Å². The highest BCUT2D eigenvalue weighted by Crippen LogP contribution is 2.38. The van der Waals surface area contributed by atoms with Crippen LogP contribution in [0.25, 0.3) is 10.9 Å². The molecule has 248 valence electrons. The summed E-state index contributed by atoms with van der Waals surface area (Å²) >= 11 is 12.9. The Morgan fingerprint density at radius 1 is 1.09 bits per heavy atom. The maximum Gasteiger partial charge on any atom is 0.408 e. The molecule has 0 fully saturated rings. The third-order valence-electron chi connectivity index (χ3n) is 9.54. The van der Waals surface area contributed by atoms with E-state index in [9.17, 15) is 24.3 Å². The lowest BCUT2D eigenvalue weighted by molar-refractivity contribution is -0.139. The van der Waals surface area contributed by atoms with E-state index in [0.29, 0.717) is 34.8 Å². The lowest BCUT2D eigenvalue weighted by Crippen LogP contribution is -2.67. The summed E-state index contributed by atoms with van der Waals surface area (Å²) in [5.74, 6) is -2.49. The first-order valence-electron chi connectivity index (χ1n) is 15.7. The molecule has 0 radical (unpaired) electrons. The molecule has 0 spiro atoms. The smallest absolute Gasteiger partial charge is 0.408 e. The second kappa shape index (κ2) is 14.3. The van der Waals surface area contributed by atoms with E-state index in [2.05, 4.69) is 15.6 Å². The Bertz CT molecular complexity index is 1640. The van der Waals surface area contributed by atoms with Crippen LogP contribution in [0.2, 0.25) is 10.0 Å². The van der Waals surface area contributed by atoms with Crippen molar-refractivity contribution in [2.24, 2.45) is 17.6 Å². The van der Waals surface area contributed by atoms with Crippen LogP contribution in [-0.2, 0) is 33.8 Å². The quantitative estimate of drug-likeness (QED) is 0.166. The molecule has 4 amide bonds. The summed E-state index contributed by atoms with van der Waals surface area (Å²) in [4.78, 5) is 58.5. The number of hydrogen-bond donors (Lipinski definition) is 5. The number of primary amides is 1. The number of benzene rings is 2. The van der Waals surface area contributed by atoms with Gasteiger partial charge in [-0.1, -0.05) is 88.0 Å². The molecular formula is C34H43Cl2N5O5. The summed E-state index contributed by atoms with van der Waals surface area (Å²) in [5.41, 5.74) is 8.14. The number of aryl methyl sites for hydroxylation is 2. The van der Waals surface area contributed by atoms with Crippen molar-refractivity contribution in [1.82, 2.24) is 20.5 Å². The zero-order chi connectivity index (χ0) is 33.9. The minimum Gasteiger partial charge on any atom is -0.465 e. The number of nitrogens with two attached hydrogens (primary N) is 1. The van der Waals surface area contributed by atoms with Crippen molar-refractivity contribution in [3.63, 3.8) is 0 Å². The van der Waals surface area contributed by atoms with Gasteiger partial charge >= 0.3 is 6.09 Å². The van der Waals surface area contributed by atoms with Crippen LogP contribution in [0.15, 0.2) is 36.4 Å². The predicted octanol–water partition coefficient (Wildman–Crippen LogP) is 5.74. The summed E-state index contributed by atoms with van der Waals surface area (Å²) in [5, 5.41) is 17.8. The molecule has 10 nitrogen and oxygen atoms in total. The zero-order valence-corrected chi connectivity index (χ0v) is 28.4. The fourth-order valence-electron chi connectivity index (χ4n) is 6.33. The lowest BCUT2D eigenvalue weighted by Gasteiger charge is -2.41. The number of nitrogens with one attached hydrogen (secondary N) is 3. The van der Waals surface area contributed by atoms with Crippen molar-refractivity contribution in [1.29, 1.82) is 0 Å². The van der Waals surface area contributed by atoms with Crippen molar-refractivity contribution in [3.8, 4) is 0 Å². The molecule has 12 heteroatoms. The maximum absolute atomic E-state index is 14.4. The van der Waals surface area contributed by atoms with Crippen LogP contribution in [0.4, 0.5) is 4.79 Å². The Morgan fingerprint density at radius 3 is 2.37 bits per heavy atom. The largest absolute Gasteiger partial charge is 0.465 e. The first kappa shape index (κ1) is 35.1. The Kier molecular flexibility index (Phi) is 10.9. The van der Waals surface area contributed by atoms with E-state index >= 15 is 0 Å². The van der Waals surface area contributed by atoms with E-state index in [1.165, 1.54) is 0 Å². The van der Waals surface area contributed by atoms with Gasteiger partial charge < -0.3 is 26.5 Å². The number of carbonyl (C=O) groups excluding carboxylic acids is 3. The van der Waals surface area contributed by atoms with Gasteiger partial charge in [0.25, 0.3) is 0 Å². The summed E-state index contributed by atoms with van der Waals surface area (Å²) < 4.78 is 0. The van der Waals surface area contributed by atoms with Crippen LogP contribution in [-0.4, -0.2) is 56.4 Å². The van der Waals surface area contributed by atoms with Crippen molar-refractivity contribution < 1.29 is 24.3 Å². The topological polar surface area (TPSA) is 158 Å². The second-order valence-corrected chi connectivity index (χ2v) is 13.4. The summed E-state index contributed by atoms with van der Waals surface area (Å²) in [7, 11) is 0. The average molecular weight is 673 g/mol. The third kappa shape index (κ3) is 7.13. The fourth-order valence-corrected chi connectivity index (χ4v) is 6.87. The monoisotopic (exact) mass is 671 g/mol. The number of aromatic nitrogens is 1. The van der Waals surface area contributed by atoms with Gasteiger partial charge in [-0.2, -0.15) is 0 Å². The number of hydrogen-bond acceptors (Lipinski definition) is 4. The highest BCUT2D eigenvalue weighted by Gasteiger charge is 2.47. The molecule has 0 aliphatic heterocycles. The molecule has 3 aromatic rings. The van der Waals surface area contributed by atoms with E-state index in [1.54, 1.807) is 12.1 Å². The molecule has 2 unspecified atom stereocenters. The normalized spacial score (nSPS) is 18.6. The van der Waals surface area contributed by atoms with Crippen LogP contribution < -0.4 is 16.4 Å². The highest BCUT2D eigenvalue weighted by molar-refractivity contribution is 6.38. The van der Waals surface area contributed by atoms with Crippen molar-refractivity contribution in [3.05, 3.63) is 68.8 Å². The van der Waals surface area contributed by atoms with Crippen LogP contribution in [0.1, 0.15) is 69.3 Å². The van der Waals surface area contributed by atoms with Gasteiger partial charge in [-0.05, 0) is 60.4 Å². The maximum atomic E-state index is 14.4. The molecule has 0 saturated carbocycles. The Balaban J connectivity index is 1.80. The average Bonchev–Trinajstić information content (AvgIpc) is 3.37. The van der Waals surface area contributed by atoms with Gasteiger partial charge in [-0.15, -0.1) is 0 Å². The van der Waals surface area contributed by atoms with E-state index in [4.69, 9.17) is 28.9 Å². The SMILES string of the molecule is CCC(C)[C@H](NC(=O)[C@@]1(NC(=O)[C@H](C(C)CC)N(Cc2ccccc2C)C(=O)O)CCc2[nH]c3c(Cl)cc(Cl)cc3c2C1)C(N)=O. The fraction of sp³-hybridized carbons (Fsp3) is 0.471. The molecule has 0 saturated heterocycles. The Morgan fingerprint density at radius 2 is 1.76 bits per heavy atom. The highest BCUT2D eigenvalue weighted by atomic mass is 35.5. The standard InChI is InChI=1S/C34H43Cl2N5O5/c1-6-18(3)27(30(37)42)39-32(44)34(13-12-26-24(16-34)23-14-22(35)15-25(36)28(23)38-26)40-31(43)29(19(4)7-2)41(33(45)46)17-21-11-9-8-10-20(21)5/h8-11,14-15,18-19,27,29,38H,6-7,12-13,16-17H2,1-5H3,(H2,37,42)(H,39,44)(H,40,43)(H,45,46)/t18?,19?,27-,29-,34+/m0/s1. The van der Waals surface area contributed by atoms with E-state index in [0.717, 1.165) is 32.7 Å². The molecular weight excluding hydrogens is 629 g/mol. The predicted molar refractivity (Wildman–Crippen MR) is 180 cm³/mol. The summed E-state index contributed by atoms with van der Waals surface area (Å²) in [6, 6.07) is 8.72. The number of carboxylic acid groups (broad SMARTS) is 1. The molecule has 4 rings (SSSR count). The van der Waals surface area contributed by atoms with Crippen LogP contribution in [0, 0.1) is 18.8 Å². The number of amides is 4. The van der Waals surface area contributed by atoms with E-state index in [-0.39, 0.29) is 31.2 Å². The van der Waals surface area contributed by atoms with E-state index < -0.39 is 41.4 Å². The Labute approximate surface area is 279 Å². The van der Waals surface area contributed by atoms with Gasteiger partial charge in [-0.25, -0.2) is 4.79 Å².